The summed E-state index contributed by atoms with van der Waals surface area (Å²) in [4.78, 5) is 0. The van der Waals surface area contributed by atoms with E-state index < -0.39 is 0 Å². The molecule has 1 saturated heterocycles. The van der Waals surface area contributed by atoms with Gasteiger partial charge in [-0.2, -0.15) is 0 Å². The fourth-order valence-corrected chi connectivity index (χ4v) is 1.67. The SMILES string of the molecule is CCCC1(CCC)OCCO1. The van der Waals surface area contributed by atoms with Crippen LogP contribution in [0.15, 0.2) is 0 Å². The van der Waals surface area contributed by atoms with Gasteiger partial charge in [0.1, 0.15) is 0 Å². The van der Waals surface area contributed by atoms with E-state index in [2.05, 4.69) is 13.8 Å². The average molecular weight is 158 g/mol. The fraction of sp³-hybridized carbons (Fsp3) is 1.00. The van der Waals surface area contributed by atoms with Crippen LogP contribution in [0.25, 0.3) is 0 Å². The highest BCUT2D eigenvalue weighted by Gasteiger charge is 2.34. The Morgan fingerprint density at radius 2 is 1.45 bits per heavy atom. The fourth-order valence-electron chi connectivity index (χ4n) is 1.67. The maximum absolute atomic E-state index is 5.60. The second kappa shape index (κ2) is 4.07. The van der Waals surface area contributed by atoms with E-state index in [0.717, 1.165) is 38.9 Å². The van der Waals surface area contributed by atoms with Crippen molar-refractivity contribution in [3.05, 3.63) is 0 Å². The second-order valence-electron chi connectivity index (χ2n) is 3.11. The van der Waals surface area contributed by atoms with Crippen LogP contribution >= 0.6 is 0 Å². The molecule has 0 aromatic heterocycles. The molecular formula is C9H18O2. The van der Waals surface area contributed by atoms with Gasteiger partial charge in [-0.1, -0.05) is 26.7 Å². The molecule has 0 radical (unpaired) electrons. The summed E-state index contributed by atoms with van der Waals surface area (Å²) in [6, 6.07) is 0. The molecule has 2 heteroatoms. The third-order valence-corrected chi connectivity index (χ3v) is 2.08. The third kappa shape index (κ3) is 2.17. The van der Waals surface area contributed by atoms with Gasteiger partial charge in [-0.15, -0.1) is 0 Å². The zero-order valence-electron chi connectivity index (χ0n) is 7.56. The van der Waals surface area contributed by atoms with Crippen molar-refractivity contribution >= 4 is 0 Å². The number of hydrogen-bond acceptors (Lipinski definition) is 2. The molecule has 0 aromatic rings. The summed E-state index contributed by atoms with van der Waals surface area (Å²) in [5, 5.41) is 0. The van der Waals surface area contributed by atoms with Gasteiger partial charge in [0.25, 0.3) is 0 Å². The maximum atomic E-state index is 5.60. The van der Waals surface area contributed by atoms with E-state index in [0.29, 0.717) is 0 Å². The van der Waals surface area contributed by atoms with E-state index in [1.54, 1.807) is 0 Å². The van der Waals surface area contributed by atoms with Crippen LogP contribution in [-0.4, -0.2) is 19.0 Å². The second-order valence-corrected chi connectivity index (χ2v) is 3.11. The third-order valence-electron chi connectivity index (χ3n) is 2.08. The first-order valence-corrected chi connectivity index (χ1v) is 4.61. The van der Waals surface area contributed by atoms with E-state index in [1.165, 1.54) is 0 Å². The quantitative estimate of drug-likeness (QED) is 0.625. The minimum atomic E-state index is -0.205. The molecule has 0 amide bonds. The summed E-state index contributed by atoms with van der Waals surface area (Å²) in [6.45, 7) is 5.89. The molecule has 1 fully saturated rings. The van der Waals surface area contributed by atoms with Crippen LogP contribution in [0.1, 0.15) is 39.5 Å². The molecule has 1 rings (SSSR count). The lowest BCUT2D eigenvalue weighted by atomic mass is 10.1. The summed E-state index contributed by atoms with van der Waals surface area (Å²) >= 11 is 0. The van der Waals surface area contributed by atoms with Gasteiger partial charge in [0, 0.05) is 12.8 Å². The molecule has 2 nitrogen and oxygen atoms in total. The van der Waals surface area contributed by atoms with Gasteiger partial charge < -0.3 is 9.47 Å². The maximum Gasteiger partial charge on any atom is 0.168 e. The molecule has 0 unspecified atom stereocenters. The van der Waals surface area contributed by atoms with Crippen LogP contribution in [0, 0.1) is 0 Å². The highest BCUT2D eigenvalue weighted by molar-refractivity contribution is 4.72. The van der Waals surface area contributed by atoms with Crippen molar-refractivity contribution < 1.29 is 9.47 Å². The zero-order valence-corrected chi connectivity index (χ0v) is 7.56. The van der Waals surface area contributed by atoms with Crippen molar-refractivity contribution in [2.75, 3.05) is 13.2 Å². The predicted molar refractivity (Wildman–Crippen MR) is 44.5 cm³/mol. The van der Waals surface area contributed by atoms with Gasteiger partial charge >= 0.3 is 0 Å². The van der Waals surface area contributed by atoms with E-state index in [9.17, 15) is 0 Å². The first-order chi connectivity index (χ1) is 5.33. The Bertz CT molecular complexity index is 98.1. The smallest absolute Gasteiger partial charge is 0.168 e. The largest absolute Gasteiger partial charge is 0.348 e. The molecule has 11 heavy (non-hydrogen) atoms. The Labute approximate surface area is 68.9 Å². The van der Waals surface area contributed by atoms with Gasteiger partial charge in [0.15, 0.2) is 5.79 Å². The van der Waals surface area contributed by atoms with E-state index in [-0.39, 0.29) is 5.79 Å². The molecule has 0 saturated carbocycles. The van der Waals surface area contributed by atoms with Gasteiger partial charge in [-0.3, -0.25) is 0 Å². The van der Waals surface area contributed by atoms with Crippen LogP contribution in [0.2, 0.25) is 0 Å². The average Bonchev–Trinajstić information content (AvgIpc) is 2.39. The van der Waals surface area contributed by atoms with Crippen molar-refractivity contribution in [1.82, 2.24) is 0 Å². The highest BCUT2D eigenvalue weighted by atomic mass is 16.7. The standard InChI is InChI=1S/C9H18O2/c1-3-5-9(6-4-2)10-7-8-11-9/h3-8H2,1-2H3. The molecule has 0 N–H and O–H groups in total. The van der Waals surface area contributed by atoms with Crippen LogP contribution < -0.4 is 0 Å². The molecule has 1 heterocycles. The lowest BCUT2D eigenvalue weighted by molar-refractivity contribution is -0.167. The summed E-state index contributed by atoms with van der Waals surface area (Å²) in [5.74, 6) is -0.205. The summed E-state index contributed by atoms with van der Waals surface area (Å²) < 4.78 is 11.2. The number of rotatable bonds is 4. The molecular weight excluding hydrogens is 140 g/mol. The molecule has 66 valence electrons. The Balaban J connectivity index is 2.40. The zero-order chi connectivity index (χ0) is 8.16. The first-order valence-electron chi connectivity index (χ1n) is 4.61. The summed E-state index contributed by atoms with van der Waals surface area (Å²) in [6.07, 6.45) is 4.36. The Morgan fingerprint density at radius 3 is 1.82 bits per heavy atom. The lowest BCUT2D eigenvalue weighted by Gasteiger charge is -2.26. The minimum absolute atomic E-state index is 0.205. The van der Waals surface area contributed by atoms with Gasteiger partial charge in [-0.05, 0) is 0 Å². The van der Waals surface area contributed by atoms with Crippen molar-refractivity contribution in [3.63, 3.8) is 0 Å². The Hall–Kier alpha value is -0.0800. The Morgan fingerprint density at radius 1 is 1.00 bits per heavy atom. The van der Waals surface area contributed by atoms with E-state index >= 15 is 0 Å². The topological polar surface area (TPSA) is 18.5 Å². The van der Waals surface area contributed by atoms with E-state index in [4.69, 9.17) is 9.47 Å². The molecule has 1 aliphatic heterocycles. The number of ether oxygens (including phenoxy) is 2. The predicted octanol–water partition coefficient (Wildman–Crippen LogP) is 2.33. The molecule has 0 bridgehead atoms. The van der Waals surface area contributed by atoms with Crippen LogP contribution in [-0.2, 0) is 9.47 Å². The van der Waals surface area contributed by atoms with Crippen molar-refractivity contribution in [2.45, 2.75) is 45.3 Å². The van der Waals surface area contributed by atoms with Gasteiger partial charge in [-0.25, -0.2) is 0 Å². The summed E-state index contributed by atoms with van der Waals surface area (Å²) in [7, 11) is 0. The minimum Gasteiger partial charge on any atom is -0.348 e. The van der Waals surface area contributed by atoms with Gasteiger partial charge in [0.05, 0.1) is 13.2 Å². The molecule has 1 aliphatic rings. The van der Waals surface area contributed by atoms with Crippen molar-refractivity contribution in [3.8, 4) is 0 Å². The van der Waals surface area contributed by atoms with Crippen LogP contribution in [0.4, 0.5) is 0 Å². The molecule has 0 spiro atoms. The highest BCUT2D eigenvalue weighted by Crippen LogP contribution is 2.29. The Kier molecular flexibility index (Phi) is 3.34. The number of hydrogen-bond donors (Lipinski definition) is 0. The van der Waals surface area contributed by atoms with Crippen molar-refractivity contribution in [2.24, 2.45) is 0 Å². The molecule has 0 aliphatic carbocycles. The monoisotopic (exact) mass is 158 g/mol. The van der Waals surface area contributed by atoms with E-state index in [1.807, 2.05) is 0 Å². The van der Waals surface area contributed by atoms with Crippen LogP contribution in [0.3, 0.4) is 0 Å². The first kappa shape index (κ1) is 9.01. The molecule has 0 atom stereocenters. The summed E-state index contributed by atoms with van der Waals surface area (Å²) in [5.41, 5.74) is 0. The van der Waals surface area contributed by atoms with Crippen LogP contribution in [0.5, 0.6) is 0 Å². The van der Waals surface area contributed by atoms with Crippen molar-refractivity contribution in [1.29, 1.82) is 0 Å². The normalized spacial score (nSPS) is 22.4. The van der Waals surface area contributed by atoms with Gasteiger partial charge in [0.2, 0.25) is 0 Å². The molecule has 0 aromatic carbocycles. The lowest BCUT2D eigenvalue weighted by Crippen LogP contribution is -2.29.